The van der Waals surface area contributed by atoms with E-state index in [0.29, 0.717) is 24.2 Å². The lowest BCUT2D eigenvalue weighted by atomic mass is 10.1. The number of rotatable bonds is 8. The largest absolute Gasteiger partial charge is 0.489 e. The van der Waals surface area contributed by atoms with Crippen molar-refractivity contribution in [3.63, 3.8) is 0 Å². The molecular formula is C21H34ClN5O2. The summed E-state index contributed by atoms with van der Waals surface area (Å²) < 4.78 is 5.89. The Hall–Kier alpha value is -1.99. The average molecular weight is 424 g/mol. The number of halogens is 1. The molecule has 1 unspecified atom stereocenters. The van der Waals surface area contributed by atoms with Crippen LogP contribution < -0.4 is 15.4 Å². The number of piperidine rings is 1. The van der Waals surface area contributed by atoms with Gasteiger partial charge in [0.2, 0.25) is 5.91 Å². The highest BCUT2D eigenvalue weighted by Gasteiger charge is 2.22. The summed E-state index contributed by atoms with van der Waals surface area (Å²) >= 11 is 5.91. The molecule has 1 aromatic rings. The molecule has 0 aliphatic carbocycles. The van der Waals surface area contributed by atoms with Gasteiger partial charge in [-0.05, 0) is 51.0 Å². The van der Waals surface area contributed by atoms with Gasteiger partial charge >= 0.3 is 0 Å². The summed E-state index contributed by atoms with van der Waals surface area (Å²) in [5.74, 6) is 1.75. The Morgan fingerprint density at radius 2 is 1.97 bits per heavy atom. The number of hydrogen-bond acceptors (Lipinski definition) is 4. The van der Waals surface area contributed by atoms with Crippen LogP contribution in [0.3, 0.4) is 0 Å². The number of nitrogens with zero attached hydrogens (tertiary/aromatic N) is 3. The van der Waals surface area contributed by atoms with Crippen LogP contribution in [-0.2, 0) is 4.79 Å². The van der Waals surface area contributed by atoms with Crippen LogP contribution in [-0.4, -0.2) is 80.6 Å². The van der Waals surface area contributed by atoms with Crippen molar-refractivity contribution in [2.75, 3.05) is 46.8 Å². The summed E-state index contributed by atoms with van der Waals surface area (Å²) in [5.41, 5.74) is 0. The zero-order chi connectivity index (χ0) is 21.2. The highest BCUT2D eigenvalue weighted by molar-refractivity contribution is 6.30. The fraction of sp³-hybridized carbons (Fsp3) is 0.619. The van der Waals surface area contributed by atoms with Crippen LogP contribution in [0.25, 0.3) is 0 Å². The lowest BCUT2D eigenvalue weighted by Crippen LogP contribution is -2.50. The third-order valence-electron chi connectivity index (χ3n) is 4.79. The van der Waals surface area contributed by atoms with Crippen molar-refractivity contribution in [2.45, 2.75) is 38.8 Å². The Morgan fingerprint density at radius 1 is 1.31 bits per heavy atom. The Balaban J connectivity index is 1.80. The lowest BCUT2D eigenvalue weighted by Gasteiger charge is -2.33. The highest BCUT2D eigenvalue weighted by atomic mass is 35.5. The van der Waals surface area contributed by atoms with E-state index in [2.05, 4.69) is 27.4 Å². The minimum atomic E-state index is -0.0504. The van der Waals surface area contributed by atoms with Crippen molar-refractivity contribution < 1.29 is 9.53 Å². The Labute approximate surface area is 179 Å². The molecule has 1 saturated heterocycles. The molecule has 1 aliphatic rings. The normalized spacial score (nSPS) is 16.9. The van der Waals surface area contributed by atoms with E-state index in [1.807, 2.05) is 31.2 Å². The van der Waals surface area contributed by atoms with Gasteiger partial charge in [-0.3, -0.25) is 9.69 Å². The van der Waals surface area contributed by atoms with E-state index in [9.17, 15) is 4.79 Å². The molecule has 2 rings (SSSR count). The maximum absolute atomic E-state index is 11.9. The van der Waals surface area contributed by atoms with Gasteiger partial charge in [-0.1, -0.05) is 11.6 Å². The number of carbonyl (C=O) groups is 1. The molecule has 29 heavy (non-hydrogen) atoms. The third kappa shape index (κ3) is 8.50. The van der Waals surface area contributed by atoms with E-state index >= 15 is 0 Å². The predicted molar refractivity (Wildman–Crippen MR) is 119 cm³/mol. The lowest BCUT2D eigenvalue weighted by molar-refractivity contribution is -0.130. The van der Waals surface area contributed by atoms with Crippen molar-refractivity contribution in [1.29, 1.82) is 0 Å². The SMILES string of the molecule is CCNC(=NCC(C)Oc1ccc(Cl)cc1)NC1CCN(CC(=O)N(C)C)CC1. The van der Waals surface area contributed by atoms with Crippen molar-refractivity contribution in [3.05, 3.63) is 29.3 Å². The molecule has 7 nitrogen and oxygen atoms in total. The fourth-order valence-electron chi connectivity index (χ4n) is 3.08. The predicted octanol–water partition coefficient (Wildman–Crippen LogP) is 2.21. The first-order valence-corrected chi connectivity index (χ1v) is 10.6. The Morgan fingerprint density at radius 3 is 2.55 bits per heavy atom. The van der Waals surface area contributed by atoms with Crippen molar-refractivity contribution in [3.8, 4) is 5.75 Å². The molecule has 0 bridgehead atoms. The van der Waals surface area contributed by atoms with E-state index < -0.39 is 0 Å². The van der Waals surface area contributed by atoms with E-state index in [1.54, 1.807) is 19.0 Å². The first kappa shape index (κ1) is 23.3. The Bertz CT molecular complexity index is 658. The quantitative estimate of drug-likeness (QED) is 0.495. The van der Waals surface area contributed by atoms with Gasteiger partial charge in [0, 0.05) is 44.8 Å². The number of likely N-dealkylation sites (tertiary alicyclic amines) is 1. The van der Waals surface area contributed by atoms with Gasteiger partial charge in [-0.15, -0.1) is 0 Å². The number of nitrogens with one attached hydrogen (secondary N) is 2. The first-order valence-electron chi connectivity index (χ1n) is 10.3. The van der Waals surface area contributed by atoms with Gasteiger partial charge in [0.05, 0.1) is 13.1 Å². The van der Waals surface area contributed by atoms with E-state index in [0.717, 1.165) is 44.2 Å². The van der Waals surface area contributed by atoms with Gasteiger partial charge in [0.25, 0.3) is 0 Å². The number of amides is 1. The zero-order valence-electron chi connectivity index (χ0n) is 17.9. The standard InChI is InChI=1S/C21H34ClN5O2/c1-5-23-21(24-14-16(2)29-19-8-6-17(22)7-9-19)25-18-10-12-27(13-11-18)15-20(28)26(3)4/h6-9,16,18H,5,10-15H2,1-4H3,(H2,23,24,25). The molecular weight excluding hydrogens is 390 g/mol. The minimum absolute atomic E-state index is 0.0504. The van der Waals surface area contributed by atoms with Gasteiger partial charge < -0.3 is 20.3 Å². The molecule has 1 heterocycles. The maximum atomic E-state index is 11.9. The van der Waals surface area contributed by atoms with E-state index in [1.165, 1.54) is 0 Å². The fourth-order valence-corrected chi connectivity index (χ4v) is 3.21. The maximum Gasteiger partial charge on any atom is 0.236 e. The van der Waals surface area contributed by atoms with Crippen LogP contribution in [0.15, 0.2) is 29.3 Å². The third-order valence-corrected chi connectivity index (χ3v) is 5.04. The molecule has 0 aromatic heterocycles. The molecule has 1 atom stereocenters. The second-order valence-electron chi connectivity index (χ2n) is 7.58. The summed E-state index contributed by atoms with van der Waals surface area (Å²) in [7, 11) is 3.60. The Kier molecular flexibility index (Phi) is 9.54. The summed E-state index contributed by atoms with van der Waals surface area (Å²) in [6, 6.07) is 7.71. The average Bonchev–Trinajstić information content (AvgIpc) is 2.69. The molecule has 1 amide bonds. The second-order valence-corrected chi connectivity index (χ2v) is 8.02. The molecule has 8 heteroatoms. The van der Waals surface area contributed by atoms with E-state index in [-0.39, 0.29) is 12.0 Å². The monoisotopic (exact) mass is 423 g/mol. The molecule has 1 aliphatic heterocycles. The summed E-state index contributed by atoms with van der Waals surface area (Å²) in [6.07, 6.45) is 1.93. The summed E-state index contributed by atoms with van der Waals surface area (Å²) in [5, 5.41) is 7.52. The first-order chi connectivity index (χ1) is 13.9. The number of carbonyl (C=O) groups excluding carboxylic acids is 1. The number of likely N-dealkylation sites (N-methyl/N-ethyl adjacent to an activating group) is 1. The smallest absolute Gasteiger partial charge is 0.236 e. The van der Waals surface area contributed by atoms with Crippen LogP contribution in [0.2, 0.25) is 5.02 Å². The molecule has 1 fully saturated rings. The van der Waals surface area contributed by atoms with Gasteiger partial charge in [0.15, 0.2) is 5.96 Å². The summed E-state index contributed by atoms with van der Waals surface area (Å²) in [4.78, 5) is 20.4. The van der Waals surface area contributed by atoms with Crippen LogP contribution in [0, 0.1) is 0 Å². The topological polar surface area (TPSA) is 69.2 Å². The summed E-state index contributed by atoms with van der Waals surface area (Å²) in [6.45, 7) is 7.72. The molecule has 0 spiro atoms. The molecule has 162 valence electrons. The number of hydrogen-bond donors (Lipinski definition) is 2. The molecule has 0 radical (unpaired) electrons. The van der Waals surface area contributed by atoms with Crippen molar-refractivity contribution >= 4 is 23.5 Å². The molecule has 1 aromatic carbocycles. The second kappa shape index (κ2) is 11.9. The van der Waals surface area contributed by atoms with Gasteiger partial charge in [-0.25, -0.2) is 4.99 Å². The number of ether oxygens (including phenoxy) is 1. The van der Waals surface area contributed by atoms with Crippen LogP contribution in [0.5, 0.6) is 5.75 Å². The van der Waals surface area contributed by atoms with Gasteiger partial charge in [-0.2, -0.15) is 0 Å². The van der Waals surface area contributed by atoms with Crippen LogP contribution >= 0.6 is 11.6 Å². The number of aliphatic imine (C=N–C) groups is 1. The molecule has 0 saturated carbocycles. The molecule has 2 N–H and O–H groups in total. The van der Waals surface area contributed by atoms with E-state index in [4.69, 9.17) is 16.3 Å². The van der Waals surface area contributed by atoms with Crippen LogP contribution in [0.4, 0.5) is 0 Å². The van der Waals surface area contributed by atoms with Crippen molar-refractivity contribution in [2.24, 2.45) is 4.99 Å². The van der Waals surface area contributed by atoms with Crippen LogP contribution in [0.1, 0.15) is 26.7 Å². The highest BCUT2D eigenvalue weighted by Crippen LogP contribution is 2.17. The van der Waals surface area contributed by atoms with Crippen molar-refractivity contribution in [1.82, 2.24) is 20.4 Å². The minimum Gasteiger partial charge on any atom is -0.489 e. The number of guanidine groups is 1. The number of benzene rings is 1. The zero-order valence-corrected chi connectivity index (χ0v) is 18.7. The van der Waals surface area contributed by atoms with Gasteiger partial charge in [0.1, 0.15) is 11.9 Å².